The molecule has 0 aliphatic heterocycles. The first-order valence-electron chi connectivity index (χ1n) is 8.53. The van der Waals surface area contributed by atoms with E-state index < -0.39 is 5.91 Å². The number of fused-ring (bicyclic) bond motifs is 1. The van der Waals surface area contributed by atoms with Gasteiger partial charge in [0.05, 0.1) is 19.2 Å². The smallest absolute Gasteiger partial charge is 0.251 e. The van der Waals surface area contributed by atoms with E-state index in [9.17, 15) is 9.59 Å². The second-order valence-electron chi connectivity index (χ2n) is 6.50. The maximum atomic E-state index is 12.4. The van der Waals surface area contributed by atoms with Crippen LogP contribution < -0.4 is 15.8 Å². The molecule has 1 aliphatic carbocycles. The summed E-state index contributed by atoms with van der Waals surface area (Å²) in [6.45, 7) is 0.839. The lowest BCUT2D eigenvalue weighted by Crippen LogP contribution is -2.30. The van der Waals surface area contributed by atoms with E-state index in [1.165, 1.54) is 16.2 Å². The van der Waals surface area contributed by atoms with Crippen LogP contribution in [0.2, 0.25) is 0 Å². The Labute approximate surface area is 156 Å². The molecule has 2 aromatic rings. The molecule has 0 unspecified atom stereocenters. The summed E-state index contributed by atoms with van der Waals surface area (Å²) >= 11 is 1.47. The molecule has 2 amide bonds. The van der Waals surface area contributed by atoms with Gasteiger partial charge in [0.2, 0.25) is 5.91 Å². The molecule has 1 heterocycles. The molecule has 7 heteroatoms. The SMILES string of the molecule is COc1cccc(CN(C)CC(=O)Nc2sc3c(c2C(N)=O)CCC3)c1. The van der Waals surface area contributed by atoms with E-state index in [4.69, 9.17) is 10.5 Å². The molecular formula is C19H23N3O3S. The molecule has 0 atom stereocenters. The number of carbonyl (C=O) groups excluding carboxylic acids is 2. The average molecular weight is 373 g/mol. The van der Waals surface area contributed by atoms with Gasteiger partial charge in [-0.25, -0.2) is 0 Å². The zero-order valence-corrected chi connectivity index (χ0v) is 15.8. The van der Waals surface area contributed by atoms with Gasteiger partial charge in [0, 0.05) is 11.4 Å². The van der Waals surface area contributed by atoms with Gasteiger partial charge in [0.25, 0.3) is 5.91 Å². The van der Waals surface area contributed by atoms with Crippen LogP contribution in [0.25, 0.3) is 0 Å². The van der Waals surface area contributed by atoms with Crippen molar-refractivity contribution in [3.8, 4) is 5.75 Å². The molecule has 0 bridgehead atoms. The summed E-state index contributed by atoms with van der Waals surface area (Å²) < 4.78 is 5.22. The Morgan fingerprint density at radius 2 is 2.15 bits per heavy atom. The number of likely N-dealkylation sites (N-methyl/N-ethyl adjacent to an activating group) is 1. The van der Waals surface area contributed by atoms with Crippen LogP contribution in [0.15, 0.2) is 24.3 Å². The molecule has 138 valence electrons. The van der Waals surface area contributed by atoms with Crippen molar-refractivity contribution in [3.05, 3.63) is 45.8 Å². The molecule has 1 aliphatic rings. The van der Waals surface area contributed by atoms with E-state index in [2.05, 4.69) is 5.32 Å². The van der Waals surface area contributed by atoms with Crippen LogP contribution in [0.4, 0.5) is 5.00 Å². The summed E-state index contributed by atoms with van der Waals surface area (Å²) in [5.74, 6) is 0.168. The number of ether oxygens (including phenoxy) is 1. The number of methoxy groups -OCH3 is 1. The van der Waals surface area contributed by atoms with E-state index >= 15 is 0 Å². The van der Waals surface area contributed by atoms with E-state index in [1.807, 2.05) is 36.2 Å². The van der Waals surface area contributed by atoms with E-state index in [-0.39, 0.29) is 12.5 Å². The Morgan fingerprint density at radius 1 is 1.35 bits per heavy atom. The normalized spacial score (nSPS) is 12.9. The minimum atomic E-state index is -0.468. The van der Waals surface area contributed by atoms with Crippen molar-refractivity contribution in [2.45, 2.75) is 25.8 Å². The first-order valence-corrected chi connectivity index (χ1v) is 9.35. The van der Waals surface area contributed by atoms with Gasteiger partial charge in [-0.3, -0.25) is 14.5 Å². The van der Waals surface area contributed by atoms with E-state index in [1.54, 1.807) is 7.11 Å². The van der Waals surface area contributed by atoms with E-state index in [0.29, 0.717) is 17.1 Å². The number of anilines is 1. The number of nitrogens with zero attached hydrogens (tertiary/aromatic N) is 1. The van der Waals surface area contributed by atoms with Gasteiger partial charge in [-0.2, -0.15) is 0 Å². The zero-order chi connectivity index (χ0) is 18.7. The zero-order valence-electron chi connectivity index (χ0n) is 15.0. The average Bonchev–Trinajstić information content (AvgIpc) is 3.14. The van der Waals surface area contributed by atoms with Crippen LogP contribution in [-0.4, -0.2) is 37.4 Å². The Balaban J connectivity index is 1.63. The Hall–Kier alpha value is -2.38. The molecule has 1 aromatic heterocycles. The van der Waals surface area contributed by atoms with Crippen molar-refractivity contribution in [2.75, 3.05) is 26.0 Å². The second kappa shape index (κ2) is 7.88. The van der Waals surface area contributed by atoms with Crippen molar-refractivity contribution in [1.29, 1.82) is 0 Å². The Kier molecular flexibility index (Phi) is 5.58. The number of hydrogen-bond acceptors (Lipinski definition) is 5. The maximum absolute atomic E-state index is 12.4. The number of hydrogen-bond donors (Lipinski definition) is 2. The summed E-state index contributed by atoms with van der Waals surface area (Å²) in [5, 5.41) is 3.46. The highest BCUT2D eigenvalue weighted by Crippen LogP contribution is 2.38. The van der Waals surface area contributed by atoms with Crippen molar-refractivity contribution in [1.82, 2.24) is 4.90 Å². The molecule has 6 nitrogen and oxygen atoms in total. The molecule has 0 spiro atoms. The van der Waals surface area contributed by atoms with Gasteiger partial charge >= 0.3 is 0 Å². The van der Waals surface area contributed by atoms with Gasteiger partial charge in [0.15, 0.2) is 0 Å². The maximum Gasteiger partial charge on any atom is 0.251 e. The molecule has 1 aromatic carbocycles. The van der Waals surface area contributed by atoms with Crippen LogP contribution in [0.5, 0.6) is 5.75 Å². The quantitative estimate of drug-likeness (QED) is 0.781. The topological polar surface area (TPSA) is 84.7 Å². The Morgan fingerprint density at radius 3 is 2.88 bits per heavy atom. The fourth-order valence-electron chi connectivity index (χ4n) is 3.30. The van der Waals surface area contributed by atoms with Gasteiger partial charge in [-0.05, 0) is 49.6 Å². The van der Waals surface area contributed by atoms with Crippen LogP contribution in [0.1, 0.15) is 32.8 Å². The summed E-state index contributed by atoms with van der Waals surface area (Å²) in [6.07, 6.45) is 2.85. The highest BCUT2D eigenvalue weighted by atomic mass is 32.1. The standard InChI is InChI=1S/C19H23N3O3S/c1-22(10-12-5-3-6-13(9-12)25-2)11-16(23)21-19-17(18(20)24)14-7-4-8-15(14)26-19/h3,5-6,9H,4,7-8,10-11H2,1-2H3,(H2,20,24)(H,21,23). The third-order valence-electron chi connectivity index (χ3n) is 4.42. The number of nitrogens with two attached hydrogens (primary N) is 1. The number of carbonyl (C=O) groups is 2. The number of benzene rings is 1. The molecule has 3 rings (SSSR count). The highest BCUT2D eigenvalue weighted by molar-refractivity contribution is 7.17. The summed E-state index contributed by atoms with van der Waals surface area (Å²) in [5.41, 5.74) is 8.10. The van der Waals surface area contributed by atoms with Gasteiger partial charge in [-0.15, -0.1) is 11.3 Å². The van der Waals surface area contributed by atoms with Crippen LogP contribution in [0.3, 0.4) is 0 Å². The second-order valence-corrected chi connectivity index (χ2v) is 7.60. The first kappa shape index (κ1) is 18.4. The lowest BCUT2D eigenvalue weighted by Gasteiger charge is -2.16. The van der Waals surface area contributed by atoms with Gasteiger partial charge < -0.3 is 15.8 Å². The first-order chi connectivity index (χ1) is 12.5. The lowest BCUT2D eigenvalue weighted by molar-refractivity contribution is -0.117. The molecule has 0 saturated carbocycles. The third-order valence-corrected chi connectivity index (χ3v) is 5.63. The minimum Gasteiger partial charge on any atom is -0.497 e. The van der Waals surface area contributed by atoms with Crippen LogP contribution in [0, 0.1) is 0 Å². The number of nitrogens with one attached hydrogen (secondary N) is 1. The molecule has 0 radical (unpaired) electrons. The van der Waals surface area contributed by atoms with Crippen molar-refractivity contribution in [2.24, 2.45) is 5.73 Å². The van der Waals surface area contributed by atoms with Crippen molar-refractivity contribution >= 4 is 28.2 Å². The lowest BCUT2D eigenvalue weighted by atomic mass is 10.1. The summed E-state index contributed by atoms with van der Waals surface area (Å²) in [7, 11) is 3.51. The molecule has 3 N–H and O–H groups in total. The van der Waals surface area contributed by atoms with E-state index in [0.717, 1.165) is 36.1 Å². The predicted octanol–water partition coefficient (Wildman–Crippen LogP) is 2.41. The monoisotopic (exact) mass is 373 g/mol. The largest absolute Gasteiger partial charge is 0.497 e. The molecular weight excluding hydrogens is 350 g/mol. The summed E-state index contributed by atoms with van der Waals surface area (Å²) in [6, 6.07) is 7.75. The van der Waals surface area contributed by atoms with Gasteiger partial charge in [0.1, 0.15) is 10.8 Å². The van der Waals surface area contributed by atoms with Gasteiger partial charge in [-0.1, -0.05) is 12.1 Å². The predicted molar refractivity (Wildman–Crippen MR) is 103 cm³/mol. The third kappa shape index (κ3) is 4.05. The molecule has 0 saturated heterocycles. The highest BCUT2D eigenvalue weighted by Gasteiger charge is 2.26. The number of primary amides is 1. The minimum absolute atomic E-state index is 0.155. The van der Waals surface area contributed by atoms with Crippen LogP contribution in [-0.2, 0) is 24.2 Å². The van der Waals surface area contributed by atoms with Crippen molar-refractivity contribution in [3.63, 3.8) is 0 Å². The number of rotatable bonds is 7. The molecule has 0 fully saturated rings. The Bertz CT molecular complexity index is 831. The van der Waals surface area contributed by atoms with Crippen molar-refractivity contribution < 1.29 is 14.3 Å². The van der Waals surface area contributed by atoms with Crippen LogP contribution >= 0.6 is 11.3 Å². The molecule has 26 heavy (non-hydrogen) atoms. The number of amides is 2. The number of aryl methyl sites for hydroxylation is 1. The fraction of sp³-hybridized carbons (Fsp3) is 0.368. The number of thiophene rings is 1. The fourth-order valence-corrected chi connectivity index (χ4v) is 4.61. The summed E-state index contributed by atoms with van der Waals surface area (Å²) in [4.78, 5) is 27.3.